The molecule has 1 aromatic carbocycles. The Morgan fingerprint density at radius 3 is 2.39 bits per heavy atom. The van der Waals surface area contributed by atoms with Crippen LogP contribution in [-0.4, -0.2) is 40.6 Å². The van der Waals surface area contributed by atoms with E-state index in [1.807, 2.05) is 0 Å². The van der Waals surface area contributed by atoms with E-state index in [4.69, 9.17) is 5.11 Å². The van der Waals surface area contributed by atoms with Gasteiger partial charge in [-0.05, 0) is 36.7 Å². The summed E-state index contributed by atoms with van der Waals surface area (Å²) < 4.78 is 37.5. The maximum Gasteiger partial charge on any atom is 0.446 e. The Morgan fingerprint density at radius 1 is 1.22 bits per heavy atom. The van der Waals surface area contributed by atoms with E-state index < -0.39 is 23.4 Å². The van der Waals surface area contributed by atoms with Crippen LogP contribution in [0.15, 0.2) is 29.2 Å². The number of para-hydroxylation sites is 1. The number of hydrogen-bond donors (Lipinski definition) is 2. The minimum Gasteiger partial charge on any atom is -0.481 e. The molecule has 23 heavy (non-hydrogen) atoms. The summed E-state index contributed by atoms with van der Waals surface area (Å²) in [5.74, 6) is -1.37. The number of alkyl halides is 3. The summed E-state index contributed by atoms with van der Waals surface area (Å²) in [6.07, 6.45) is 0.670. The van der Waals surface area contributed by atoms with Gasteiger partial charge in [0, 0.05) is 18.0 Å². The number of hydrogen-bond acceptors (Lipinski definition) is 3. The zero-order chi connectivity index (χ0) is 17.0. The number of carbonyl (C=O) groups excluding carboxylic acids is 1. The lowest BCUT2D eigenvalue weighted by Gasteiger charge is -2.30. The Kier molecular flexibility index (Phi) is 5.40. The zero-order valence-electron chi connectivity index (χ0n) is 12.0. The molecule has 0 spiro atoms. The summed E-state index contributed by atoms with van der Waals surface area (Å²) in [6.45, 7) is 0.523. The molecule has 1 aliphatic heterocycles. The minimum atomic E-state index is -4.44. The Bertz CT molecular complexity index is 587. The number of benzene rings is 1. The van der Waals surface area contributed by atoms with Crippen LogP contribution >= 0.6 is 11.8 Å². The molecule has 0 aromatic heterocycles. The monoisotopic (exact) mass is 348 g/mol. The first-order valence-electron chi connectivity index (χ1n) is 6.90. The average molecular weight is 348 g/mol. The summed E-state index contributed by atoms with van der Waals surface area (Å²) in [4.78, 5) is 24.3. The van der Waals surface area contributed by atoms with Crippen molar-refractivity contribution in [3.63, 3.8) is 0 Å². The van der Waals surface area contributed by atoms with E-state index in [2.05, 4.69) is 5.32 Å². The molecule has 2 amide bonds. The predicted octanol–water partition coefficient (Wildman–Crippen LogP) is 3.63. The third-order valence-corrected chi connectivity index (χ3v) is 4.29. The van der Waals surface area contributed by atoms with E-state index in [1.54, 1.807) is 0 Å². The molecule has 9 heteroatoms. The Balaban J connectivity index is 2.00. The summed E-state index contributed by atoms with van der Waals surface area (Å²) in [5, 5.41) is 11.4. The Morgan fingerprint density at radius 2 is 1.83 bits per heavy atom. The van der Waals surface area contributed by atoms with Crippen molar-refractivity contribution in [2.75, 3.05) is 18.4 Å². The van der Waals surface area contributed by atoms with Crippen LogP contribution in [0.5, 0.6) is 0 Å². The second kappa shape index (κ2) is 7.12. The summed E-state index contributed by atoms with van der Waals surface area (Å²) >= 11 is -0.291. The van der Waals surface area contributed by atoms with Gasteiger partial charge in [-0.3, -0.25) is 4.79 Å². The molecular weight excluding hydrogens is 333 g/mol. The van der Waals surface area contributed by atoms with Crippen LogP contribution in [0, 0.1) is 5.92 Å². The molecule has 0 aliphatic carbocycles. The first-order valence-corrected chi connectivity index (χ1v) is 7.71. The van der Waals surface area contributed by atoms with E-state index in [1.165, 1.54) is 29.2 Å². The molecular formula is C14H15F3N2O3S. The number of carboxylic acids is 1. The van der Waals surface area contributed by atoms with Crippen LogP contribution in [0.2, 0.25) is 0 Å². The molecule has 2 N–H and O–H groups in total. The van der Waals surface area contributed by atoms with Crippen molar-refractivity contribution in [2.24, 2.45) is 5.92 Å². The molecule has 0 radical (unpaired) electrons. The third-order valence-electron chi connectivity index (χ3n) is 3.49. The largest absolute Gasteiger partial charge is 0.481 e. The van der Waals surface area contributed by atoms with Gasteiger partial charge in [0.15, 0.2) is 0 Å². The second-order valence-corrected chi connectivity index (χ2v) is 6.18. The number of amides is 2. The molecule has 0 saturated carbocycles. The topological polar surface area (TPSA) is 69.6 Å². The van der Waals surface area contributed by atoms with Crippen LogP contribution in [0.3, 0.4) is 0 Å². The normalized spacial score (nSPS) is 16.2. The maximum atomic E-state index is 12.5. The molecule has 1 aromatic rings. The number of carbonyl (C=O) groups is 2. The van der Waals surface area contributed by atoms with Gasteiger partial charge in [0.2, 0.25) is 0 Å². The van der Waals surface area contributed by atoms with Gasteiger partial charge in [0.05, 0.1) is 11.6 Å². The lowest BCUT2D eigenvalue weighted by Crippen LogP contribution is -2.42. The highest BCUT2D eigenvalue weighted by atomic mass is 32.2. The first kappa shape index (κ1) is 17.5. The molecule has 126 valence electrons. The van der Waals surface area contributed by atoms with Gasteiger partial charge in [-0.15, -0.1) is 0 Å². The van der Waals surface area contributed by atoms with Gasteiger partial charge in [-0.1, -0.05) is 12.1 Å². The summed E-state index contributed by atoms with van der Waals surface area (Å²) in [5.41, 5.74) is -4.36. The highest BCUT2D eigenvalue weighted by molar-refractivity contribution is 8.00. The van der Waals surface area contributed by atoms with Gasteiger partial charge in [-0.25, -0.2) is 4.79 Å². The van der Waals surface area contributed by atoms with Gasteiger partial charge in [-0.2, -0.15) is 13.2 Å². The Hall–Kier alpha value is -1.90. The van der Waals surface area contributed by atoms with Crippen LogP contribution in [0.25, 0.3) is 0 Å². The number of urea groups is 1. The van der Waals surface area contributed by atoms with Crippen molar-refractivity contribution >= 4 is 29.4 Å². The number of nitrogens with one attached hydrogen (secondary N) is 1. The smallest absolute Gasteiger partial charge is 0.446 e. The lowest BCUT2D eigenvalue weighted by molar-refractivity contribution is -0.143. The van der Waals surface area contributed by atoms with Crippen LogP contribution in [-0.2, 0) is 4.79 Å². The zero-order valence-corrected chi connectivity index (χ0v) is 12.8. The molecule has 2 rings (SSSR count). The van der Waals surface area contributed by atoms with E-state index in [-0.39, 0.29) is 35.4 Å². The number of likely N-dealkylation sites (tertiary alicyclic amines) is 1. The van der Waals surface area contributed by atoms with E-state index in [0.717, 1.165) is 0 Å². The molecule has 1 fully saturated rings. The molecule has 0 unspecified atom stereocenters. The van der Waals surface area contributed by atoms with E-state index in [0.29, 0.717) is 12.8 Å². The lowest BCUT2D eigenvalue weighted by atomic mass is 9.97. The van der Waals surface area contributed by atoms with Crippen LogP contribution < -0.4 is 5.32 Å². The number of nitrogens with zero attached hydrogens (tertiary/aromatic N) is 1. The van der Waals surface area contributed by atoms with Crippen molar-refractivity contribution in [2.45, 2.75) is 23.2 Å². The van der Waals surface area contributed by atoms with Crippen LogP contribution in [0.1, 0.15) is 12.8 Å². The van der Waals surface area contributed by atoms with Crippen molar-refractivity contribution < 1.29 is 27.9 Å². The first-order chi connectivity index (χ1) is 10.8. The van der Waals surface area contributed by atoms with Crippen LogP contribution in [0.4, 0.5) is 23.7 Å². The van der Waals surface area contributed by atoms with E-state index >= 15 is 0 Å². The Labute approximate surface area is 134 Å². The number of halogens is 3. The quantitative estimate of drug-likeness (QED) is 0.819. The van der Waals surface area contributed by atoms with Crippen molar-refractivity contribution in [3.8, 4) is 0 Å². The van der Waals surface area contributed by atoms with Crippen molar-refractivity contribution in [1.82, 2.24) is 4.90 Å². The standard InChI is InChI=1S/C14H15F3N2O3S/c15-14(16,17)23-11-4-2-1-3-10(11)18-13(22)19-7-5-9(6-8-19)12(20)21/h1-4,9H,5-8H2,(H,18,22)(H,20,21). The van der Waals surface area contributed by atoms with Gasteiger partial charge in [0.25, 0.3) is 0 Å². The SMILES string of the molecule is O=C(O)C1CCN(C(=O)Nc2ccccc2SC(F)(F)F)CC1. The number of carboxylic acid groups (broad SMARTS) is 1. The fourth-order valence-electron chi connectivity index (χ4n) is 2.31. The number of anilines is 1. The number of rotatable bonds is 3. The number of piperidine rings is 1. The second-order valence-electron chi connectivity index (χ2n) is 5.07. The fraction of sp³-hybridized carbons (Fsp3) is 0.429. The molecule has 0 atom stereocenters. The highest BCUT2D eigenvalue weighted by Gasteiger charge is 2.31. The molecule has 1 heterocycles. The number of aliphatic carboxylic acids is 1. The third kappa shape index (κ3) is 5.05. The van der Waals surface area contributed by atoms with Gasteiger partial charge in [0.1, 0.15) is 0 Å². The number of thioether (sulfide) groups is 1. The van der Waals surface area contributed by atoms with Crippen molar-refractivity contribution in [3.05, 3.63) is 24.3 Å². The minimum absolute atomic E-state index is 0.0835. The molecule has 1 aliphatic rings. The fourth-order valence-corrected chi connectivity index (χ4v) is 2.93. The highest BCUT2D eigenvalue weighted by Crippen LogP contribution is 2.40. The molecule has 0 bridgehead atoms. The van der Waals surface area contributed by atoms with Gasteiger partial charge < -0.3 is 15.3 Å². The molecule has 5 nitrogen and oxygen atoms in total. The predicted molar refractivity (Wildman–Crippen MR) is 79.3 cm³/mol. The maximum absolute atomic E-state index is 12.5. The summed E-state index contributed by atoms with van der Waals surface area (Å²) in [6, 6.07) is 5.15. The summed E-state index contributed by atoms with van der Waals surface area (Å²) in [7, 11) is 0. The molecule has 1 saturated heterocycles. The average Bonchev–Trinajstić information content (AvgIpc) is 2.48. The van der Waals surface area contributed by atoms with Gasteiger partial charge >= 0.3 is 17.5 Å². The van der Waals surface area contributed by atoms with Crippen molar-refractivity contribution in [1.29, 1.82) is 0 Å². The van der Waals surface area contributed by atoms with E-state index in [9.17, 15) is 22.8 Å².